The molecule has 0 atom stereocenters. The van der Waals surface area contributed by atoms with Gasteiger partial charge in [-0.3, -0.25) is 9.59 Å². The smallest absolute Gasteiger partial charge is 0.223 e. The Bertz CT molecular complexity index is 553. The lowest BCUT2D eigenvalue weighted by molar-refractivity contribution is -0.132. The van der Waals surface area contributed by atoms with E-state index in [-0.39, 0.29) is 24.5 Å². The van der Waals surface area contributed by atoms with Gasteiger partial charge in [0, 0.05) is 50.2 Å². The summed E-state index contributed by atoms with van der Waals surface area (Å²) in [4.78, 5) is 26.3. The van der Waals surface area contributed by atoms with Gasteiger partial charge >= 0.3 is 0 Å². The Labute approximate surface area is 154 Å². The summed E-state index contributed by atoms with van der Waals surface area (Å²) in [5.74, 6) is 0.532. The molecule has 1 aliphatic rings. The van der Waals surface area contributed by atoms with Crippen molar-refractivity contribution in [2.24, 2.45) is 5.92 Å². The number of Topliss-reactive ketones (excluding diaryl/α,β-unsaturated/α-hetero) is 1. The van der Waals surface area contributed by atoms with Crippen molar-refractivity contribution < 1.29 is 19.1 Å². The molecule has 2 rings (SSSR count). The number of likely N-dealkylation sites (tertiary alicyclic amines) is 1. The molecule has 0 bridgehead atoms. The van der Waals surface area contributed by atoms with Gasteiger partial charge in [-0.05, 0) is 43.0 Å². The first-order valence-electron chi connectivity index (χ1n) is 8.73. The molecule has 1 fully saturated rings. The summed E-state index contributed by atoms with van der Waals surface area (Å²) >= 11 is 5.82. The van der Waals surface area contributed by atoms with Gasteiger partial charge < -0.3 is 14.4 Å². The molecule has 5 nitrogen and oxygen atoms in total. The third-order valence-electron chi connectivity index (χ3n) is 4.48. The Morgan fingerprint density at radius 1 is 1.12 bits per heavy atom. The van der Waals surface area contributed by atoms with Crippen molar-refractivity contribution in [1.29, 1.82) is 0 Å². The van der Waals surface area contributed by atoms with Crippen LogP contribution in [0.4, 0.5) is 0 Å². The molecule has 1 amide bonds. The van der Waals surface area contributed by atoms with Crippen LogP contribution in [0.15, 0.2) is 24.3 Å². The number of hydrogen-bond acceptors (Lipinski definition) is 4. The Morgan fingerprint density at radius 3 is 2.44 bits per heavy atom. The Hall–Kier alpha value is -1.43. The van der Waals surface area contributed by atoms with Crippen molar-refractivity contribution in [2.75, 3.05) is 40.0 Å². The molecule has 0 radical (unpaired) electrons. The quantitative estimate of drug-likeness (QED) is 0.496. The van der Waals surface area contributed by atoms with Crippen LogP contribution in [-0.2, 0) is 14.3 Å². The molecule has 0 unspecified atom stereocenters. The first-order valence-corrected chi connectivity index (χ1v) is 9.11. The third kappa shape index (κ3) is 6.77. The molecule has 0 spiro atoms. The number of piperidine rings is 1. The number of carbonyl (C=O) groups is 2. The number of halogens is 1. The number of rotatable bonds is 9. The normalized spacial score (nSPS) is 15.4. The van der Waals surface area contributed by atoms with E-state index < -0.39 is 0 Å². The number of carbonyl (C=O) groups excluding carboxylic acids is 2. The van der Waals surface area contributed by atoms with E-state index in [4.69, 9.17) is 21.1 Å². The number of amides is 1. The van der Waals surface area contributed by atoms with Crippen LogP contribution in [-0.4, -0.2) is 56.6 Å². The standard InChI is InChI=1S/C19H26ClNO4/c1-24-12-13-25-14-15-8-10-21(11-9-15)19(23)7-6-18(22)16-2-4-17(20)5-3-16/h2-5,15H,6-14H2,1H3. The van der Waals surface area contributed by atoms with Crippen molar-refractivity contribution >= 4 is 23.3 Å². The third-order valence-corrected chi connectivity index (χ3v) is 4.74. The highest BCUT2D eigenvalue weighted by atomic mass is 35.5. The van der Waals surface area contributed by atoms with Gasteiger partial charge in [0.05, 0.1) is 13.2 Å². The lowest BCUT2D eigenvalue weighted by Gasteiger charge is -2.32. The van der Waals surface area contributed by atoms with Gasteiger partial charge in [0.15, 0.2) is 5.78 Å². The topological polar surface area (TPSA) is 55.8 Å². The summed E-state index contributed by atoms with van der Waals surface area (Å²) in [5.41, 5.74) is 0.601. The van der Waals surface area contributed by atoms with Crippen LogP contribution in [0.2, 0.25) is 5.02 Å². The van der Waals surface area contributed by atoms with Gasteiger partial charge in [-0.2, -0.15) is 0 Å². The maximum atomic E-state index is 12.3. The van der Waals surface area contributed by atoms with E-state index in [9.17, 15) is 9.59 Å². The number of nitrogens with zero attached hydrogens (tertiary/aromatic N) is 1. The zero-order valence-electron chi connectivity index (χ0n) is 14.7. The molecular formula is C19H26ClNO4. The van der Waals surface area contributed by atoms with E-state index in [0.29, 0.717) is 29.7 Å². The van der Waals surface area contributed by atoms with E-state index >= 15 is 0 Å². The zero-order valence-corrected chi connectivity index (χ0v) is 15.5. The van der Waals surface area contributed by atoms with Crippen LogP contribution in [0.1, 0.15) is 36.0 Å². The fourth-order valence-electron chi connectivity index (χ4n) is 2.90. The van der Waals surface area contributed by atoms with E-state index in [1.54, 1.807) is 31.4 Å². The minimum Gasteiger partial charge on any atom is -0.382 e. The maximum Gasteiger partial charge on any atom is 0.223 e. The molecule has 1 saturated heterocycles. The summed E-state index contributed by atoms with van der Waals surface area (Å²) in [6.07, 6.45) is 2.39. The van der Waals surface area contributed by atoms with Gasteiger partial charge in [-0.15, -0.1) is 0 Å². The van der Waals surface area contributed by atoms with Crippen molar-refractivity contribution in [1.82, 2.24) is 4.90 Å². The van der Waals surface area contributed by atoms with Crippen molar-refractivity contribution in [2.45, 2.75) is 25.7 Å². The Kier molecular flexibility index (Phi) is 8.38. The monoisotopic (exact) mass is 367 g/mol. The maximum absolute atomic E-state index is 12.3. The van der Waals surface area contributed by atoms with Crippen molar-refractivity contribution in [3.63, 3.8) is 0 Å². The summed E-state index contributed by atoms with van der Waals surface area (Å²) < 4.78 is 10.5. The predicted octanol–water partition coefficient (Wildman–Crippen LogP) is 3.20. The van der Waals surface area contributed by atoms with Gasteiger partial charge in [0.25, 0.3) is 0 Å². The Balaban J connectivity index is 1.66. The van der Waals surface area contributed by atoms with Crippen molar-refractivity contribution in [3.8, 4) is 0 Å². The fraction of sp³-hybridized carbons (Fsp3) is 0.579. The van der Waals surface area contributed by atoms with Gasteiger partial charge in [-0.25, -0.2) is 0 Å². The summed E-state index contributed by atoms with van der Waals surface area (Å²) in [5, 5.41) is 0.599. The summed E-state index contributed by atoms with van der Waals surface area (Å²) in [6, 6.07) is 6.78. The highest BCUT2D eigenvalue weighted by Gasteiger charge is 2.23. The Morgan fingerprint density at radius 2 is 1.80 bits per heavy atom. The van der Waals surface area contributed by atoms with Gasteiger partial charge in [0.2, 0.25) is 5.91 Å². The molecule has 0 aliphatic carbocycles. The second kappa shape index (κ2) is 10.5. The molecular weight excluding hydrogens is 342 g/mol. The summed E-state index contributed by atoms with van der Waals surface area (Å²) in [7, 11) is 1.66. The molecule has 1 aliphatic heterocycles. The van der Waals surface area contributed by atoms with E-state index in [0.717, 1.165) is 32.5 Å². The minimum absolute atomic E-state index is 0.0218. The average Bonchev–Trinajstić information content (AvgIpc) is 2.64. The van der Waals surface area contributed by atoms with Gasteiger partial charge in [0.1, 0.15) is 0 Å². The zero-order chi connectivity index (χ0) is 18.1. The highest BCUT2D eigenvalue weighted by molar-refractivity contribution is 6.30. The number of ketones is 1. The second-order valence-corrected chi connectivity index (χ2v) is 6.76. The number of ether oxygens (including phenoxy) is 2. The van der Waals surface area contributed by atoms with E-state index in [1.165, 1.54) is 0 Å². The molecule has 138 valence electrons. The predicted molar refractivity (Wildman–Crippen MR) is 97.0 cm³/mol. The lowest BCUT2D eigenvalue weighted by Crippen LogP contribution is -2.39. The molecule has 1 heterocycles. The van der Waals surface area contributed by atoms with Crippen LogP contribution in [0.3, 0.4) is 0 Å². The number of benzene rings is 1. The molecule has 0 N–H and O–H groups in total. The fourth-order valence-corrected chi connectivity index (χ4v) is 3.03. The van der Waals surface area contributed by atoms with Gasteiger partial charge in [-0.1, -0.05) is 11.6 Å². The first kappa shape index (κ1) is 19.9. The van der Waals surface area contributed by atoms with Crippen LogP contribution in [0.5, 0.6) is 0 Å². The minimum atomic E-state index is -0.0218. The van der Waals surface area contributed by atoms with Crippen LogP contribution in [0, 0.1) is 5.92 Å². The lowest BCUT2D eigenvalue weighted by atomic mass is 9.97. The second-order valence-electron chi connectivity index (χ2n) is 6.32. The van der Waals surface area contributed by atoms with E-state index in [1.807, 2.05) is 4.90 Å². The first-order chi connectivity index (χ1) is 12.1. The largest absolute Gasteiger partial charge is 0.382 e. The number of methoxy groups -OCH3 is 1. The average molecular weight is 368 g/mol. The number of hydrogen-bond donors (Lipinski definition) is 0. The molecule has 0 aromatic heterocycles. The van der Waals surface area contributed by atoms with Crippen molar-refractivity contribution in [3.05, 3.63) is 34.9 Å². The molecule has 25 heavy (non-hydrogen) atoms. The molecule has 1 aromatic carbocycles. The molecule has 0 saturated carbocycles. The SMILES string of the molecule is COCCOCC1CCN(C(=O)CCC(=O)c2ccc(Cl)cc2)CC1. The van der Waals surface area contributed by atoms with E-state index in [2.05, 4.69) is 0 Å². The summed E-state index contributed by atoms with van der Waals surface area (Å²) in [6.45, 7) is 3.43. The van der Waals surface area contributed by atoms with Crippen LogP contribution >= 0.6 is 11.6 Å². The molecule has 6 heteroatoms. The van der Waals surface area contributed by atoms with Crippen LogP contribution in [0.25, 0.3) is 0 Å². The molecule has 1 aromatic rings. The highest BCUT2D eigenvalue weighted by Crippen LogP contribution is 2.19. The van der Waals surface area contributed by atoms with Crippen LogP contribution < -0.4 is 0 Å².